The normalized spacial score (nSPS) is 11.8. The fourth-order valence-corrected chi connectivity index (χ4v) is 3.16. The Morgan fingerprint density at radius 2 is 1.58 bits per heavy atom. The average Bonchev–Trinajstić information content (AvgIpc) is 2.96. The number of hydrogen-bond donors (Lipinski definition) is 0. The second-order valence-electron chi connectivity index (χ2n) is 7.73. The van der Waals surface area contributed by atoms with Crippen molar-refractivity contribution in [2.24, 2.45) is 11.8 Å². The molecule has 0 fully saturated rings. The van der Waals surface area contributed by atoms with Crippen molar-refractivity contribution in [3.8, 4) is 5.69 Å². The minimum atomic E-state index is -0.338. The van der Waals surface area contributed by atoms with E-state index in [0.717, 1.165) is 11.3 Å². The van der Waals surface area contributed by atoms with Crippen LogP contribution in [0, 0.1) is 18.8 Å². The Hall–Kier alpha value is -2.63. The standard InChI is InChI=1S/C20H26N4O2/c1-13(2)10-22-12-21-18-17(22)19(25)23(11-14(3)4)20(26)24(18)16-8-6-15(5)7-9-16/h6-9,12-14H,10-11H2,1-5H3. The summed E-state index contributed by atoms with van der Waals surface area (Å²) in [5.41, 5.74) is 2.14. The molecule has 0 N–H and O–H groups in total. The lowest BCUT2D eigenvalue weighted by molar-refractivity contribution is 0.486. The SMILES string of the molecule is Cc1ccc(-n2c(=O)n(CC(C)C)c(=O)c3c2ncn3CC(C)C)cc1. The lowest BCUT2D eigenvalue weighted by atomic mass is 10.2. The summed E-state index contributed by atoms with van der Waals surface area (Å²) in [7, 11) is 0. The van der Waals surface area contributed by atoms with Crippen LogP contribution in [0.3, 0.4) is 0 Å². The topological polar surface area (TPSA) is 61.8 Å². The molecule has 0 aliphatic rings. The zero-order valence-electron chi connectivity index (χ0n) is 16.1. The van der Waals surface area contributed by atoms with Crippen molar-refractivity contribution in [2.75, 3.05) is 0 Å². The van der Waals surface area contributed by atoms with Crippen molar-refractivity contribution in [3.63, 3.8) is 0 Å². The van der Waals surface area contributed by atoms with E-state index in [4.69, 9.17) is 0 Å². The smallest absolute Gasteiger partial charge is 0.324 e. The van der Waals surface area contributed by atoms with Crippen molar-refractivity contribution in [3.05, 3.63) is 57.0 Å². The van der Waals surface area contributed by atoms with Crippen molar-refractivity contribution >= 4 is 11.2 Å². The van der Waals surface area contributed by atoms with Gasteiger partial charge in [-0.15, -0.1) is 0 Å². The minimum absolute atomic E-state index is 0.186. The third kappa shape index (κ3) is 3.23. The lowest BCUT2D eigenvalue weighted by Crippen LogP contribution is -2.41. The molecule has 0 radical (unpaired) electrons. The zero-order chi connectivity index (χ0) is 19.0. The Morgan fingerprint density at radius 1 is 0.962 bits per heavy atom. The lowest BCUT2D eigenvalue weighted by Gasteiger charge is -2.14. The summed E-state index contributed by atoms with van der Waals surface area (Å²) in [6, 6.07) is 7.69. The van der Waals surface area contributed by atoms with Crippen LogP contribution in [0.15, 0.2) is 40.2 Å². The minimum Gasteiger partial charge on any atom is -0.324 e. The molecule has 6 heteroatoms. The summed E-state index contributed by atoms with van der Waals surface area (Å²) in [4.78, 5) is 30.6. The Balaban J connectivity index is 2.39. The molecule has 0 saturated heterocycles. The van der Waals surface area contributed by atoms with E-state index in [1.165, 1.54) is 4.57 Å². The van der Waals surface area contributed by atoms with Gasteiger partial charge in [0.25, 0.3) is 5.56 Å². The van der Waals surface area contributed by atoms with Crippen LogP contribution in [-0.2, 0) is 13.1 Å². The fraction of sp³-hybridized carbons (Fsp3) is 0.450. The maximum Gasteiger partial charge on any atom is 0.337 e. The highest BCUT2D eigenvalue weighted by molar-refractivity contribution is 5.72. The van der Waals surface area contributed by atoms with Gasteiger partial charge >= 0.3 is 5.69 Å². The quantitative estimate of drug-likeness (QED) is 0.708. The fourth-order valence-electron chi connectivity index (χ4n) is 3.16. The molecule has 0 unspecified atom stereocenters. The Bertz CT molecular complexity index is 1040. The molecule has 3 aromatic rings. The molecule has 0 amide bonds. The van der Waals surface area contributed by atoms with Gasteiger partial charge in [0.2, 0.25) is 0 Å². The predicted molar refractivity (Wildman–Crippen MR) is 104 cm³/mol. The van der Waals surface area contributed by atoms with Gasteiger partial charge in [-0.25, -0.2) is 14.3 Å². The molecule has 26 heavy (non-hydrogen) atoms. The molecular formula is C20H26N4O2. The third-order valence-corrected chi connectivity index (χ3v) is 4.30. The maximum atomic E-state index is 13.1. The predicted octanol–water partition coefficient (Wildman–Crippen LogP) is 2.97. The largest absolute Gasteiger partial charge is 0.337 e. The average molecular weight is 354 g/mol. The van der Waals surface area contributed by atoms with E-state index in [1.807, 2.05) is 49.6 Å². The van der Waals surface area contributed by atoms with Gasteiger partial charge in [0.1, 0.15) is 0 Å². The van der Waals surface area contributed by atoms with Gasteiger partial charge in [-0.1, -0.05) is 45.4 Å². The van der Waals surface area contributed by atoms with Gasteiger partial charge in [0, 0.05) is 13.1 Å². The van der Waals surface area contributed by atoms with Crippen LogP contribution in [0.4, 0.5) is 0 Å². The van der Waals surface area contributed by atoms with Gasteiger partial charge in [0.05, 0.1) is 12.0 Å². The number of imidazole rings is 1. The number of rotatable bonds is 5. The molecular weight excluding hydrogens is 328 g/mol. The Morgan fingerprint density at radius 3 is 2.15 bits per heavy atom. The first-order valence-corrected chi connectivity index (χ1v) is 9.07. The van der Waals surface area contributed by atoms with Crippen LogP contribution >= 0.6 is 0 Å². The molecule has 0 spiro atoms. The summed E-state index contributed by atoms with van der Waals surface area (Å²) in [5, 5.41) is 0. The van der Waals surface area contributed by atoms with Crippen molar-refractivity contribution in [1.29, 1.82) is 0 Å². The first-order chi connectivity index (χ1) is 12.3. The number of aromatic nitrogens is 4. The number of nitrogens with zero attached hydrogens (tertiary/aromatic N) is 4. The molecule has 2 heterocycles. The van der Waals surface area contributed by atoms with E-state index in [-0.39, 0.29) is 17.2 Å². The second-order valence-corrected chi connectivity index (χ2v) is 7.73. The van der Waals surface area contributed by atoms with Gasteiger partial charge < -0.3 is 4.57 Å². The molecule has 0 aliphatic carbocycles. The third-order valence-electron chi connectivity index (χ3n) is 4.30. The van der Waals surface area contributed by atoms with Crippen molar-refractivity contribution < 1.29 is 0 Å². The van der Waals surface area contributed by atoms with E-state index in [2.05, 4.69) is 18.8 Å². The highest BCUT2D eigenvalue weighted by Crippen LogP contribution is 2.15. The first kappa shape index (κ1) is 18.2. The number of hydrogen-bond acceptors (Lipinski definition) is 3. The molecule has 6 nitrogen and oxygen atoms in total. The van der Waals surface area contributed by atoms with E-state index in [9.17, 15) is 9.59 Å². The second kappa shape index (κ2) is 6.94. The first-order valence-electron chi connectivity index (χ1n) is 9.07. The van der Waals surface area contributed by atoms with Crippen LogP contribution in [0.5, 0.6) is 0 Å². The summed E-state index contributed by atoms with van der Waals surface area (Å²) in [6.07, 6.45) is 1.66. The number of aryl methyl sites for hydroxylation is 1. The Kier molecular flexibility index (Phi) is 4.85. The van der Waals surface area contributed by atoms with Crippen molar-refractivity contribution in [2.45, 2.75) is 47.7 Å². The molecule has 0 aliphatic heterocycles. The molecule has 0 atom stereocenters. The van der Waals surface area contributed by atoms with Crippen molar-refractivity contribution in [1.82, 2.24) is 18.7 Å². The van der Waals surface area contributed by atoms with Crippen LogP contribution < -0.4 is 11.2 Å². The number of benzene rings is 1. The van der Waals surface area contributed by atoms with E-state index < -0.39 is 0 Å². The van der Waals surface area contributed by atoms with Crippen LogP contribution in [0.25, 0.3) is 16.9 Å². The molecule has 3 rings (SSSR count). The Labute approximate surface area is 152 Å². The molecule has 138 valence electrons. The van der Waals surface area contributed by atoms with E-state index in [1.54, 1.807) is 10.9 Å². The van der Waals surface area contributed by atoms with Gasteiger partial charge in [-0.3, -0.25) is 9.36 Å². The van der Waals surface area contributed by atoms with Gasteiger partial charge in [-0.2, -0.15) is 0 Å². The van der Waals surface area contributed by atoms with E-state index in [0.29, 0.717) is 30.2 Å². The van der Waals surface area contributed by atoms with Crippen LogP contribution in [0.2, 0.25) is 0 Å². The summed E-state index contributed by atoms with van der Waals surface area (Å²) >= 11 is 0. The maximum absolute atomic E-state index is 13.1. The molecule has 0 bridgehead atoms. The van der Waals surface area contributed by atoms with E-state index >= 15 is 0 Å². The summed E-state index contributed by atoms with van der Waals surface area (Å²) in [6.45, 7) is 11.2. The molecule has 2 aromatic heterocycles. The summed E-state index contributed by atoms with van der Waals surface area (Å²) in [5.74, 6) is 0.552. The monoisotopic (exact) mass is 354 g/mol. The highest BCUT2D eigenvalue weighted by atomic mass is 16.2. The van der Waals surface area contributed by atoms with Crippen LogP contribution in [0.1, 0.15) is 33.3 Å². The molecule has 0 saturated carbocycles. The molecule has 1 aromatic carbocycles. The summed E-state index contributed by atoms with van der Waals surface area (Å²) < 4.78 is 4.75. The van der Waals surface area contributed by atoms with Crippen LogP contribution in [-0.4, -0.2) is 18.7 Å². The van der Waals surface area contributed by atoms with Gasteiger partial charge in [-0.05, 0) is 30.9 Å². The van der Waals surface area contributed by atoms with Gasteiger partial charge in [0.15, 0.2) is 11.2 Å². The number of fused-ring (bicyclic) bond motifs is 1. The highest BCUT2D eigenvalue weighted by Gasteiger charge is 2.19. The zero-order valence-corrected chi connectivity index (χ0v) is 16.1.